The summed E-state index contributed by atoms with van der Waals surface area (Å²) in [5.41, 5.74) is -2.40. The summed E-state index contributed by atoms with van der Waals surface area (Å²) in [4.78, 5) is 27.2. The predicted molar refractivity (Wildman–Crippen MR) is 99.7 cm³/mol. The summed E-state index contributed by atoms with van der Waals surface area (Å²) < 4.78 is 50.7. The van der Waals surface area contributed by atoms with Gasteiger partial charge in [-0.25, -0.2) is 4.79 Å². The maximum Gasteiger partial charge on any atom is 0.417 e. The maximum atomic E-state index is 13.2. The van der Waals surface area contributed by atoms with E-state index in [-0.39, 0.29) is 43.7 Å². The molecule has 1 amide bonds. The van der Waals surface area contributed by atoms with Crippen LogP contribution in [0.4, 0.5) is 18.0 Å². The molecule has 0 saturated carbocycles. The summed E-state index contributed by atoms with van der Waals surface area (Å²) in [6.45, 7) is 5.76. The van der Waals surface area contributed by atoms with Crippen molar-refractivity contribution in [2.75, 3.05) is 13.2 Å². The van der Waals surface area contributed by atoms with Gasteiger partial charge in [0.05, 0.1) is 42.5 Å². The van der Waals surface area contributed by atoms with Crippen molar-refractivity contribution in [1.82, 2.24) is 4.90 Å². The van der Waals surface area contributed by atoms with Crippen LogP contribution < -0.4 is 0 Å². The third kappa shape index (κ3) is 4.59. The SMILES string of the molecule is CC(C)(C)OC(=O)N1C2COCC1CC(C(=O)c1ccc(C#N)c(C(F)(F)F)c1)C2. The second-order valence-corrected chi connectivity index (χ2v) is 8.64. The minimum atomic E-state index is -4.73. The normalized spacial score (nSPS) is 24.2. The molecule has 1 aromatic rings. The Hall–Kier alpha value is -2.60. The number of fused-ring (bicyclic) bond motifs is 2. The summed E-state index contributed by atoms with van der Waals surface area (Å²) >= 11 is 0. The number of ketones is 1. The molecule has 2 heterocycles. The third-order valence-electron chi connectivity index (χ3n) is 5.23. The minimum absolute atomic E-state index is 0.0870. The van der Waals surface area contributed by atoms with Gasteiger partial charge in [-0.3, -0.25) is 9.69 Å². The van der Waals surface area contributed by atoms with Gasteiger partial charge in [0.15, 0.2) is 5.78 Å². The number of piperidine rings is 1. The van der Waals surface area contributed by atoms with Gasteiger partial charge in [-0.05, 0) is 45.7 Å². The quantitative estimate of drug-likeness (QED) is 0.666. The molecule has 0 aromatic heterocycles. The van der Waals surface area contributed by atoms with Crippen LogP contribution in [0.3, 0.4) is 0 Å². The van der Waals surface area contributed by atoms with Crippen LogP contribution in [0, 0.1) is 17.2 Å². The van der Waals surface area contributed by atoms with E-state index in [1.165, 1.54) is 12.1 Å². The highest BCUT2D eigenvalue weighted by Crippen LogP contribution is 2.37. The Kier molecular flexibility index (Phi) is 5.83. The van der Waals surface area contributed by atoms with Gasteiger partial charge in [-0.15, -0.1) is 0 Å². The average Bonchev–Trinajstić information content (AvgIpc) is 2.63. The topological polar surface area (TPSA) is 79.6 Å². The Morgan fingerprint density at radius 1 is 1.17 bits per heavy atom. The van der Waals surface area contributed by atoms with Gasteiger partial charge in [0, 0.05) is 11.5 Å². The highest BCUT2D eigenvalue weighted by Gasteiger charge is 2.45. The average molecular weight is 424 g/mol. The molecule has 3 rings (SSSR count). The lowest BCUT2D eigenvalue weighted by atomic mass is 9.80. The summed E-state index contributed by atoms with van der Waals surface area (Å²) in [7, 11) is 0. The fourth-order valence-electron chi connectivity index (χ4n) is 4.01. The van der Waals surface area contributed by atoms with E-state index in [9.17, 15) is 22.8 Å². The van der Waals surface area contributed by atoms with Gasteiger partial charge >= 0.3 is 12.3 Å². The lowest BCUT2D eigenvalue weighted by Crippen LogP contribution is -2.60. The number of carbonyl (C=O) groups is 2. The number of hydrogen-bond acceptors (Lipinski definition) is 5. The molecule has 2 aliphatic rings. The summed E-state index contributed by atoms with van der Waals surface area (Å²) in [5, 5.41) is 8.93. The van der Waals surface area contributed by atoms with E-state index >= 15 is 0 Å². The zero-order chi connectivity index (χ0) is 22.3. The number of carbonyl (C=O) groups excluding carboxylic acids is 2. The number of amides is 1. The van der Waals surface area contributed by atoms with E-state index in [2.05, 4.69) is 0 Å². The molecular weight excluding hydrogens is 401 g/mol. The Labute approximate surface area is 172 Å². The van der Waals surface area contributed by atoms with E-state index in [0.717, 1.165) is 12.1 Å². The van der Waals surface area contributed by atoms with Crippen LogP contribution in [-0.4, -0.2) is 47.7 Å². The Morgan fingerprint density at radius 2 is 1.77 bits per heavy atom. The monoisotopic (exact) mass is 424 g/mol. The van der Waals surface area contributed by atoms with Gasteiger partial charge in [-0.2, -0.15) is 18.4 Å². The molecule has 2 atom stereocenters. The third-order valence-corrected chi connectivity index (χ3v) is 5.23. The zero-order valence-corrected chi connectivity index (χ0v) is 17.0. The number of ether oxygens (including phenoxy) is 2. The molecule has 1 aromatic carbocycles. The van der Waals surface area contributed by atoms with Gasteiger partial charge in [0.25, 0.3) is 0 Å². The summed E-state index contributed by atoms with van der Waals surface area (Å²) in [5.74, 6) is -0.970. The van der Waals surface area contributed by atoms with E-state index < -0.39 is 40.7 Å². The van der Waals surface area contributed by atoms with Crippen molar-refractivity contribution < 1.29 is 32.2 Å². The van der Waals surface area contributed by atoms with Crippen molar-refractivity contribution in [3.63, 3.8) is 0 Å². The molecular formula is C21H23F3N2O4. The van der Waals surface area contributed by atoms with Crippen LogP contribution in [0.1, 0.15) is 55.1 Å². The molecule has 2 aliphatic heterocycles. The number of halogens is 3. The van der Waals surface area contributed by atoms with E-state index in [1.807, 2.05) is 0 Å². The predicted octanol–water partition coefficient (Wildman–Crippen LogP) is 4.17. The molecule has 0 spiro atoms. The van der Waals surface area contributed by atoms with Crippen LogP contribution in [0.15, 0.2) is 18.2 Å². The largest absolute Gasteiger partial charge is 0.444 e. The first-order valence-corrected chi connectivity index (χ1v) is 9.65. The molecule has 0 radical (unpaired) electrons. The Balaban J connectivity index is 1.82. The van der Waals surface area contributed by atoms with Crippen molar-refractivity contribution in [2.24, 2.45) is 5.92 Å². The highest BCUT2D eigenvalue weighted by atomic mass is 19.4. The molecule has 0 aliphatic carbocycles. The number of hydrogen-bond donors (Lipinski definition) is 0. The van der Waals surface area contributed by atoms with Gasteiger partial charge in [0.2, 0.25) is 0 Å². The lowest BCUT2D eigenvalue weighted by Gasteiger charge is -2.47. The van der Waals surface area contributed by atoms with E-state index in [4.69, 9.17) is 14.7 Å². The smallest absolute Gasteiger partial charge is 0.417 e. The lowest BCUT2D eigenvalue weighted by molar-refractivity contribution is -0.137. The van der Waals surface area contributed by atoms with Gasteiger partial charge < -0.3 is 9.47 Å². The molecule has 9 heteroatoms. The fourth-order valence-corrected chi connectivity index (χ4v) is 4.01. The Bertz CT molecular complexity index is 872. The van der Waals surface area contributed by atoms with E-state index in [1.54, 1.807) is 25.7 Å². The number of Topliss-reactive ketones (excluding diaryl/α,β-unsaturated/α-hetero) is 1. The molecule has 2 unspecified atom stereocenters. The number of benzene rings is 1. The molecule has 2 fully saturated rings. The zero-order valence-electron chi connectivity index (χ0n) is 17.0. The van der Waals surface area contributed by atoms with Crippen LogP contribution in [0.5, 0.6) is 0 Å². The maximum absolute atomic E-state index is 13.2. The second kappa shape index (κ2) is 7.91. The second-order valence-electron chi connectivity index (χ2n) is 8.64. The summed E-state index contributed by atoms with van der Waals surface area (Å²) in [6.07, 6.45) is -4.66. The van der Waals surface area contributed by atoms with Crippen LogP contribution in [0.25, 0.3) is 0 Å². The molecule has 30 heavy (non-hydrogen) atoms. The number of nitriles is 1. The first kappa shape index (κ1) is 22.1. The van der Waals surface area contributed by atoms with Crippen molar-refractivity contribution in [2.45, 2.75) is 57.5 Å². The van der Waals surface area contributed by atoms with Crippen molar-refractivity contribution >= 4 is 11.9 Å². The molecule has 0 N–H and O–H groups in total. The summed E-state index contributed by atoms with van der Waals surface area (Å²) in [6, 6.07) is 3.76. The number of morpholine rings is 1. The standard InChI is InChI=1S/C21H23F3N2O4/c1-20(2,3)30-19(28)26-15-6-14(7-16(26)11-29-10-15)18(27)12-4-5-13(9-25)17(8-12)21(22,23)24/h4-5,8,14-16H,6-7,10-11H2,1-3H3. The number of nitrogens with zero attached hydrogens (tertiary/aromatic N) is 2. The molecule has 6 nitrogen and oxygen atoms in total. The first-order valence-electron chi connectivity index (χ1n) is 9.65. The van der Waals surface area contributed by atoms with Gasteiger partial charge in [0.1, 0.15) is 5.60 Å². The highest BCUT2D eigenvalue weighted by molar-refractivity contribution is 5.98. The molecule has 2 saturated heterocycles. The fraction of sp³-hybridized carbons (Fsp3) is 0.571. The van der Waals surface area contributed by atoms with Crippen LogP contribution >= 0.6 is 0 Å². The molecule has 2 bridgehead atoms. The van der Waals surface area contributed by atoms with Crippen molar-refractivity contribution in [3.05, 3.63) is 34.9 Å². The van der Waals surface area contributed by atoms with Crippen molar-refractivity contribution in [3.8, 4) is 6.07 Å². The Morgan fingerprint density at radius 3 is 2.27 bits per heavy atom. The van der Waals surface area contributed by atoms with E-state index in [0.29, 0.717) is 0 Å². The van der Waals surface area contributed by atoms with Crippen molar-refractivity contribution in [1.29, 1.82) is 5.26 Å². The minimum Gasteiger partial charge on any atom is -0.444 e. The molecule has 162 valence electrons. The van der Waals surface area contributed by atoms with Crippen LogP contribution in [0.2, 0.25) is 0 Å². The number of alkyl halides is 3. The number of rotatable bonds is 2. The van der Waals surface area contributed by atoms with Gasteiger partial charge in [-0.1, -0.05) is 6.07 Å². The van der Waals surface area contributed by atoms with Crippen LogP contribution in [-0.2, 0) is 15.7 Å². The first-order chi connectivity index (χ1) is 13.9.